The van der Waals surface area contributed by atoms with Gasteiger partial charge in [-0.3, -0.25) is 0 Å². The van der Waals surface area contributed by atoms with Gasteiger partial charge in [0.2, 0.25) is 0 Å². The first-order valence-corrected chi connectivity index (χ1v) is 2.68. The van der Waals surface area contributed by atoms with Crippen molar-refractivity contribution in [2.45, 2.75) is 0 Å². The van der Waals surface area contributed by atoms with Crippen LogP contribution in [0.5, 0.6) is 0 Å². The molecule has 0 spiro atoms. The Balaban J connectivity index is 2.92. The van der Waals surface area contributed by atoms with Crippen molar-refractivity contribution in [2.24, 2.45) is 0 Å². The van der Waals surface area contributed by atoms with Crippen molar-refractivity contribution in [3.63, 3.8) is 0 Å². The number of hydrogen-bond donors (Lipinski definition) is 2. The van der Waals surface area contributed by atoms with Gasteiger partial charge in [0.05, 0.1) is 5.52 Å². The number of nitrogens with two attached hydrogens (primary N) is 1. The summed E-state index contributed by atoms with van der Waals surface area (Å²) in [6, 6.07) is 3.60. The number of rotatable bonds is 0. The third-order valence-corrected chi connectivity index (χ3v) is 1.25. The van der Waals surface area contributed by atoms with Crippen molar-refractivity contribution in [3.8, 4) is 0 Å². The van der Waals surface area contributed by atoms with Crippen LogP contribution in [0.1, 0.15) is 0 Å². The Kier molecular flexibility index (Phi) is 0.656. The second kappa shape index (κ2) is 1.31. The highest BCUT2D eigenvalue weighted by molar-refractivity contribution is 5.76. The van der Waals surface area contributed by atoms with Gasteiger partial charge in [0.15, 0.2) is 11.5 Å². The summed E-state index contributed by atoms with van der Waals surface area (Å²) in [6.45, 7) is 0. The van der Waals surface area contributed by atoms with E-state index in [1.54, 1.807) is 6.07 Å². The summed E-state index contributed by atoms with van der Waals surface area (Å²) in [7, 11) is 0. The standard InChI is InChI=1S/C6H6N2O/c7-6-3-4-5(9-6)1-2-8-4/h1-3,8H,7H2. The molecule has 0 aliphatic rings. The third kappa shape index (κ3) is 0.512. The number of aromatic amines is 1. The zero-order chi connectivity index (χ0) is 6.27. The van der Waals surface area contributed by atoms with Gasteiger partial charge in [0.1, 0.15) is 0 Å². The van der Waals surface area contributed by atoms with Crippen LogP contribution < -0.4 is 5.73 Å². The van der Waals surface area contributed by atoms with E-state index in [0.29, 0.717) is 5.88 Å². The molecule has 0 bridgehead atoms. The molecule has 0 unspecified atom stereocenters. The van der Waals surface area contributed by atoms with Crippen molar-refractivity contribution >= 4 is 17.0 Å². The fraction of sp³-hybridized carbons (Fsp3) is 0. The van der Waals surface area contributed by atoms with Crippen molar-refractivity contribution < 1.29 is 4.42 Å². The molecule has 9 heavy (non-hydrogen) atoms. The van der Waals surface area contributed by atoms with Crippen LogP contribution in [0, 0.1) is 0 Å². The van der Waals surface area contributed by atoms with Crippen LogP contribution in [0.2, 0.25) is 0 Å². The van der Waals surface area contributed by atoms with Gasteiger partial charge in [-0.05, 0) is 6.07 Å². The van der Waals surface area contributed by atoms with Crippen LogP contribution >= 0.6 is 0 Å². The summed E-state index contributed by atoms with van der Waals surface area (Å²) in [5.74, 6) is 0.455. The van der Waals surface area contributed by atoms with E-state index in [1.165, 1.54) is 0 Å². The summed E-state index contributed by atoms with van der Waals surface area (Å²) in [6.07, 6.45) is 1.81. The summed E-state index contributed by atoms with van der Waals surface area (Å²) in [5.41, 5.74) is 7.11. The predicted octanol–water partition coefficient (Wildman–Crippen LogP) is 1.34. The first-order valence-electron chi connectivity index (χ1n) is 2.68. The highest BCUT2D eigenvalue weighted by atomic mass is 16.3. The van der Waals surface area contributed by atoms with Crippen molar-refractivity contribution in [1.29, 1.82) is 0 Å². The highest BCUT2D eigenvalue weighted by Gasteiger charge is 1.97. The molecule has 0 amide bonds. The quantitative estimate of drug-likeness (QED) is 0.554. The molecular formula is C6H6N2O. The van der Waals surface area contributed by atoms with E-state index in [4.69, 9.17) is 10.2 Å². The molecule has 0 saturated heterocycles. The van der Waals surface area contributed by atoms with E-state index in [9.17, 15) is 0 Å². The Morgan fingerprint density at radius 3 is 3.22 bits per heavy atom. The zero-order valence-corrected chi connectivity index (χ0v) is 4.72. The lowest BCUT2D eigenvalue weighted by Gasteiger charge is -1.74. The van der Waals surface area contributed by atoms with Crippen LogP contribution in [0.3, 0.4) is 0 Å². The van der Waals surface area contributed by atoms with Crippen molar-refractivity contribution in [2.75, 3.05) is 5.73 Å². The summed E-state index contributed by atoms with van der Waals surface area (Å²) < 4.78 is 5.05. The number of furan rings is 1. The highest BCUT2D eigenvalue weighted by Crippen LogP contribution is 2.17. The Bertz CT molecular complexity index is 292. The molecule has 0 radical (unpaired) electrons. The minimum absolute atomic E-state index is 0.455. The largest absolute Gasteiger partial charge is 0.439 e. The maximum absolute atomic E-state index is 5.35. The molecule has 3 nitrogen and oxygen atoms in total. The van der Waals surface area contributed by atoms with Gasteiger partial charge in [-0.15, -0.1) is 0 Å². The molecular weight excluding hydrogens is 116 g/mol. The maximum atomic E-state index is 5.35. The molecule has 0 atom stereocenters. The maximum Gasteiger partial charge on any atom is 0.193 e. The number of hydrogen-bond acceptors (Lipinski definition) is 2. The van der Waals surface area contributed by atoms with Crippen LogP contribution in [0.25, 0.3) is 11.1 Å². The minimum Gasteiger partial charge on any atom is -0.439 e. The van der Waals surface area contributed by atoms with Gasteiger partial charge < -0.3 is 15.1 Å². The first-order chi connectivity index (χ1) is 4.36. The van der Waals surface area contributed by atoms with E-state index in [-0.39, 0.29) is 0 Å². The second-order valence-corrected chi connectivity index (χ2v) is 1.90. The van der Waals surface area contributed by atoms with Crippen LogP contribution in [-0.4, -0.2) is 4.98 Å². The summed E-state index contributed by atoms with van der Waals surface area (Å²) >= 11 is 0. The molecule has 46 valence electrons. The molecule has 2 rings (SSSR count). The summed E-state index contributed by atoms with van der Waals surface area (Å²) in [4.78, 5) is 2.97. The number of anilines is 1. The van der Waals surface area contributed by atoms with Gasteiger partial charge in [0.25, 0.3) is 0 Å². The van der Waals surface area contributed by atoms with E-state index in [0.717, 1.165) is 11.1 Å². The molecule has 2 aromatic rings. The molecule has 0 aliphatic carbocycles. The normalized spacial score (nSPS) is 10.7. The van der Waals surface area contributed by atoms with Crippen molar-refractivity contribution in [1.82, 2.24) is 4.98 Å². The van der Waals surface area contributed by atoms with E-state index in [1.807, 2.05) is 12.3 Å². The number of nitrogens with one attached hydrogen (secondary N) is 1. The molecule has 0 aliphatic heterocycles. The fourth-order valence-corrected chi connectivity index (χ4v) is 0.869. The van der Waals surface area contributed by atoms with Gasteiger partial charge >= 0.3 is 0 Å². The van der Waals surface area contributed by atoms with Crippen molar-refractivity contribution in [3.05, 3.63) is 18.3 Å². The number of nitrogen functional groups attached to an aromatic ring is 1. The number of H-pyrrole nitrogens is 1. The molecule has 3 N–H and O–H groups in total. The minimum atomic E-state index is 0.455. The van der Waals surface area contributed by atoms with E-state index >= 15 is 0 Å². The molecule has 2 aromatic heterocycles. The third-order valence-electron chi connectivity index (χ3n) is 1.25. The zero-order valence-electron chi connectivity index (χ0n) is 4.72. The Hall–Kier alpha value is -1.38. The monoisotopic (exact) mass is 122 g/mol. The SMILES string of the molecule is Nc1cc2[nH]ccc2o1. The van der Waals surface area contributed by atoms with Gasteiger partial charge in [0, 0.05) is 12.3 Å². The molecule has 0 saturated carbocycles. The molecule has 3 heteroatoms. The predicted molar refractivity (Wildman–Crippen MR) is 35.0 cm³/mol. The Labute approximate surface area is 51.5 Å². The lowest BCUT2D eigenvalue weighted by atomic mass is 10.5. The van der Waals surface area contributed by atoms with E-state index < -0.39 is 0 Å². The van der Waals surface area contributed by atoms with Crippen LogP contribution in [-0.2, 0) is 0 Å². The lowest BCUT2D eigenvalue weighted by Crippen LogP contribution is -1.75. The molecule has 0 aromatic carbocycles. The van der Waals surface area contributed by atoms with Crippen LogP contribution in [0.15, 0.2) is 22.7 Å². The van der Waals surface area contributed by atoms with Gasteiger partial charge in [-0.25, -0.2) is 0 Å². The molecule has 0 fully saturated rings. The lowest BCUT2D eigenvalue weighted by molar-refractivity contribution is 0.638. The Morgan fingerprint density at radius 2 is 2.44 bits per heavy atom. The smallest absolute Gasteiger partial charge is 0.193 e. The number of fused-ring (bicyclic) bond motifs is 1. The first kappa shape index (κ1) is 4.49. The second-order valence-electron chi connectivity index (χ2n) is 1.90. The van der Waals surface area contributed by atoms with Crippen LogP contribution in [0.4, 0.5) is 5.88 Å². The Morgan fingerprint density at radius 1 is 1.56 bits per heavy atom. The van der Waals surface area contributed by atoms with E-state index in [2.05, 4.69) is 4.98 Å². The average Bonchev–Trinajstić information content (AvgIpc) is 2.22. The molecule has 2 heterocycles. The fourth-order valence-electron chi connectivity index (χ4n) is 0.869. The number of aromatic nitrogens is 1. The van der Waals surface area contributed by atoms with Gasteiger partial charge in [-0.1, -0.05) is 0 Å². The summed E-state index contributed by atoms with van der Waals surface area (Å²) in [5, 5.41) is 0. The topological polar surface area (TPSA) is 55.0 Å². The average molecular weight is 122 g/mol. The van der Waals surface area contributed by atoms with Gasteiger partial charge in [-0.2, -0.15) is 0 Å².